The minimum atomic E-state index is -1.07. The molecule has 0 aromatic heterocycles. The maximum absolute atomic E-state index is 12.7. The molecule has 1 saturated heterocycles. The molecule has 1 aliphatic rings. The molecule has 0 aliphatic carbocycles. The summed E-state index contributed by atoms with van der Waals surface area (Å²) >= 11 is 0. The van der Waals surface area contributed by atoms with Crippen LogP contribution in [-0.4, -0.2) is 54.3 Å². The molecule has 0 spiro atoms. The molecule has 1 atom stereocenters. The van der Waals surface area contributed by atoms with E-state index in [4.69, 9.17) is 14.6 Å². The Morgan fingerprint density at radius 1 is 1.38 bits per heavy atom. The average Bonchev–Trinajstić information content (AvgIpc) is 2.49. The van der Waals surface area contributed by atoms with Crippen molar-refractivity contribution in [3.05, 3.63) is 30.1 Å². The summed E-state index contributed by atoms with van der Waals surface area (Å²) < 4.78 is 23.1. The Morgan fingerprint density at radius 3 is 2.76 bits per heavy atom. The summed E-state index contributed by atoms with van der Waals surface area (Å²) in [6.45, 7) is 0.783. The van der Waals surface area contributed by atoms with Crippen LogP contribution in [0.4, 0.5) is 4.39 Å². The molecular formula is C14H16FNO5. The highest BCUT2D eigenvalue weighted by Gasteiger charge is 2.28. The Kier molecular flexibility index (Phi) is 5.10. The number of nitrogens with zero attached hydrogens (tertiary/aromatic N) is 1. The van der Waals surface area contributed by atoms with Gasteiger partial charge in [0.15, 0.2) is 6.10 Å². The minimum Gasteiger partial charge on any atom is -0.493 e. The predicted molar refractivity (Wildman–Crippen MR) is 70.5 cm³/mol. The first-order valence-electron chi connectivity index (χ1n) is 6.57. The van der Waals surface area contributed by atoms with Crippen LogP contribution in [0.2, 0.25) is 0 Å². The van der Waals surface area contributed by atoms with Gasteiger partial charge in [-0.1, -0.05) is 0 Å². The number of morpholine rings is 1. The van der Waals surface area contributed by atoms with Crippen molar-refractivity contribution in [2.24, 2.45) is 0 Å². The maximum Gasteiger partial charge on any atom is 0.334 e. The van der Waals surface area contributed by atoms with Gasteiger partial charge in [-0.3, -0.25) is 4.79 Å². The summed E-state index contributed by atoms with van der Waals surface area (Å²) in [5.41, 5.74) is 0. The topological polar surface area (TPSA) is 76.1 Å². The van der Waals surface area contributed by atoms with Gasteiger partial charge >= 0.3 is 5.97 Å². The molecule has 0 unspecified atom stereocenters. The largest absolute Gasteiger partial charge is 0.493 e. The Labute approximate surface area is 121 Å². The van der Waals surface area contributed by atoms with Gasteiger partial charge in [0.25, 0.3) is 0 Å². The highest BCUT2D eigenvalue weighted by atomic mass is 19.1. The quantitative estimate of drug-likeness (QED) is 0.874. The number of carbonyl (C=O) groups excluding carboxylic acids is 1. The molecule has 21 heavy (non-hydrogen) atoms. The van der Waals surface area contributed by atoms with Crippen molar-refractivity contribution in [1.82, 2.24) is 4.90 Å². The van der Waals surface area contributed by atoms with Gasteiger partial charge < -0.3 is 19.5 Å². The first-order chi connectivity index (χ1) is 10.1. The fraction of sp³-hybridized carbons (Fsp3) is 0.429. The van der Waals surface area contributed by atoms with Crippen molar-refractivity contribution in [3.63, 3.8) is 0 Å². The number of aliphatic carboxylic acids is 1. The van der Waals surface area contributed by atoms with Crippen LogP contribution in [0.15, 0.2) is 24.3 Å². The van der Waals surface area contributed by atoms with Crippen LogP contribution in [0, 0.1) is 5.82 Å². The van der Waals surface area contributed by atoms with E-state index in [2.05, 4.69) is 0 Å². The maximum atomic E-state index is 12.7. The molecule has 1 aliphatic heterocycles. The van der Waals surface area contributed by atoms with Crippen LogP contribution < -0.4 is 4.74 Å². The van der Waals surface area contributed by atoms with Crippen molar-refractivity contribution in [2.45, 2.75) is 12.5 Å². The number of hydrogen-bond acceptors (Lipinski definition) is 4. The lowest BCUT2D eigenvalue weighted by Gasteiger charge is -2.30. The molecule has 114 valence electrons. The highest BCUT2D eigenvalue weighted by Crippen LogP contribution is 2.12. The van der Waals surface area contributed by atoms with E-state index in [9.17, 15) is 14.0 Å². The molecule has 7 heteroatoms. The lowest BCUT2D eigenvalue weighted by atomic mass is 10.2. The van der Waals surface area contributed by atoms with Gasteiger partial charge in [-0.2, -0.15) is 0 Å². The summed E-state index contributed by atoms with van der Waals surface area (Å²) in [6, 6.07) is 5.51. The summed E-state index contributed by atoms with van der Waals surface area (Å²) in [7, 11) is 0. The lowest BCUT2D eigenvalue weighted by Crippen LogP contribution is -2.48. The van der Waals surface area contributed by atoms with E-state index in [1.165, 1.54) is 29.2 Å². The number of amides is 1. The van der Waals surface area contributed by atoms with Crippen molar-refractivity contribution in [3.8, 4) is 5.75 Å². The number of halogens is 1. The van der Waals surface area contributed by atoms with Crippen molar-refractivity contribution in [2.75, 3.05) is 26.3 Å². The van der Waals surface area contributed by atoms with Crippen LogP contribution >= 0.6 is 0 Å². The molecule has 1 fully saturated rings. The van der Waals surface area contributed by atoms with Crippen LogP contribution in [0.1, 0.15) is 6.42 Å². The molecule has 0 saturated carbocycles. The van der Waals surface area contributed by atoms with Crippen LogP contribution in [0.25, 0.3) is 0 Å². The predicted octanol–water partition coefficient (Wildman–Crippen LogP) is 0.907. The summed E-state index contributed by atoms with van der Waals surface area (Å²) in [6.07, 6.45) is -0.843. The monoisotopic (exact) mass is 297 g/mol. The molecule has 1 N–H and O–H groups in total. The zero-order valence-corrected chi connectivity index (χ0v) is 11.3. The van der Waals surface area contributed by atoms with E-state index in [1.807, 2.05) is 0 Å². The molecule has 1 aromatic carbocycles. The minimum absolute atomic E-state index is 0.0463. The van der Waals surface area contributed by atoms with E-state index in [1.54, 1.807) is 0 Å². The fourth-order valence-corrected chi connectivity index (χ4v) is 1.97. The van der Waals surface area contributed by atoms with Gasteiger partial charge in [0.1, 0.15) is 11.6 Å². The standard InChI is InChI=1S/C14H16FNO5/c15-10-1-3-11(4-2-10)20-7-5-13(17)16-6-8-21-12(9-16)14(18)19/h1-4,12H,5-9H2,(H,18,19)/t12-/m1/s1. The first kappa shape index (κ1) is 15.2. The molecule has 1 amide bonds. The lowest BCUT2D eigenvalue weighted by molar-refractivity contribution is -0.159. The molecular weight excluding hydrogens is 281 g/mol. The van der Waals surface area contributed by atoms with E-state index >= 15 is 0 Å². The van der Waals surface area contributed by atoms with E-state index in [0.29, 0.717) is 12.3 Å². The fourth-order valence-electron chi connectivity index (χ4n) is 1.97. The second-order valence-electron chi connectivity index (χ2n) is 4.59. The van der Waals surface area contributed by atoms with Gasteiger partial charge in [-0.15, -0.1) is 0 Å². The normalized spacial score (nSPS) is 18.3. The number of rotatable bonds is 5. The van der Waals surface area contributed by atoms with Gasteiger partial charge in [0, 0.05) is 6.54 Å². The number of carbonyl (C=O) groups is 2. The second-order valence-corrected chi connectivity index (χ2v) is 4.59. The van der Waals surface area contributed by atoms with Crippen molar-refractivity contribution < 1.29 is 28.6 Å². The van der Waals surface area contributed by atoms with Crippen LogP contribution in [0.5, 0.6) is 5.75 Å². The molecule has 2 rings (SSSR count). The second kappa shape index (κ2) is 7.03. The average molecular weight is 297 g/mol. The summed E-state index contributed by atoms with van der Waals surface area (Å²) in [5, 5.41) is 8.87. The number of hydrogen-bond donors (Lipinski definition) is 1. The third kappa shape index (κ3) is 4.42. The third-order valence-electron chi connectivity index (χ3n) is 3.09. The van der Waals surface area contributed by atoms with Gasteiger partial charge in [-0.05, 0) is 24.3 Å². The molecule has 0 bridgehead atoms. The Balaban J connectivity index is 1.76. The first-order valence-corrected chi connectivity index (χ1v) is 6.57. The van der Waals surface area contributed by atoms with Gasteiger partial charge in [-0.25, -0.2) is 9.18 Å². The number of carboxylic acid groups (broad SMARTS) is 1. The smallest absolute Gasteiger partial charge is 0.334 e. The SMILES string of the molecule is O=C(O)[C@H]1CN(C(=O)CCOc2ccc(F)cc2)CCO1. The molecule has 1 aromatic rings. The number of ether oxygens (including phenoxy) is 2. The zero-order chi connectivity index (χ0) is 15.2. The zero-order valence-electron chi connectivity index (χ0n) is 11.3. The van der Waals surface area contributed by atoms with Crippen LogP contribution in [0.3, 0.4) is 0 Å². The Bertz CT molecular complexity index is 505. The van der Waals surface area contributed by atoms with E-state index in [-0.39, 0.29) is 37.9 Å². The van der Waals surface area contributed by atoms with Crippen molar-refractivity contribution >= 4 is 11.9 Å². The summed E-state index contributed by atoms with van der Waals surface area (Å²) in [5.74, 6) is -1.14. The Morgan fingerprint density at radius 2 is 2.10 bits per heavy atom. The van der Waals surface area contributed by atoms with E-state index in [0.717, 1.165) is 0 Å². The van der Waals surface area contributed by atoms with Gasteiger partial charge in [0.2, 0.25) is 5.91 Å². The molecule has 0 radical (unpaired) electrons. The van der Waals surface area contributed by atoms with Crippen LogP contribution in [-0.2, 0) is 14.3 Å². The third-order valence-corrected chi connectivity index (χ3v) is 3.09. The summed E-state index contributed by atoms with van der Waals surface area (Å²) in [4.78, 5) is 24.2. The van der Waals surface area contributed by atoms with Gasteiger partial charge in [0.05, 0.1) is 26.2 Å². The molecule has 6 nitrogen and oxygen atoms in total. The number of benzene rings is 1. The number of carboxylic acids is 1. The van der Waals surface area contributed by atoms with Crippen molar-refractivity contribution in [1.29, 1.82) is 0 Å². The highest BCUT2D eigenvalue weighted by molar-refractivity contribution is 5.78. The van der Waals surface area contributed by atoms with E-state index < -0.39 is 12.1 Å². The molecule has 1 heterocycles. The Hall–Kier alpha value is -2.15.